The van der Waals surface area contributed by atoms with Gasteiger partial charge in [-0.1, -0.05) is 28.1 Å². The number of rotatable bonds is 5. The molecule has 0 spiro atoms. The van der Waals surface area contributed by atoms with Crippen molar-refractivity contribution < 1.29 is 9.13 Å². The fourth-order valence-corrected chi connectivity index (χ4v) is 1.99. The van der Waals surface area contributed by atoms with Crippen molar-refractivity contribution in [2.75, 3.05) is 13.7 Å². The fraction of sp³-hybridized carbons (Fsp3) is 0.125. The molecule has 2 N–H and O–H groups in total. The van der Waals surface area contributed by atoms with Gasteiger partial charge in [0.1, 0.15) is 23.9 Å². The number of hydrogen-bond donors (Lipinski definition) is 2. The maximum atomic E-state index is 13.1. The van der Waals surface area contributed by atoms with E-state index in [1.807, 2.05) is 24.3 Å². The standard InChI is InChI=1S/C16H15BrFN3OS/c1-19-16(23)21-20-15(11-2-6-13(18)7-3-11)10-22-14-8-4-12(17)5-9-14/h2-9H,10H2,1H3,(H2,19,21,23)/b20-15-. The van der Waals surface area contributed by atoms with Gasteiger partial charge in [-0.05, 0) is 48.6 Å². The van der Waals surface area contributed by atoms with Crippen molar-refractivity contribution >= 4 is 39.0 Å². The van der Waals surface area contributed by atoms with Gasteiger partial charge in [-0.15, -0.1) is 0 Å². The van der Waals surface area contributed by atoms with Crippen LogP contribution in [0.25, 0.3) is 0 Å². The van der Waals surface area contributed by atoms with Crippen LogP contribution >= 0.6 is 28.1 Å². The van der Waals surface area contributed by atoms with Gasteiger partial charge >= 0.3 is 0 Å². The van der Waals surface area contributed by atoms with Crippen LogP contribution in [0.2, 0.25) is 0 Å². The largest absolute Gasteiger partial charge is 0.487 e. The van der Waals surface area contributed by atoms with E-state index in [2.05, 4.69) is 31.8 Å². The Hall–Kier alpha value is -1.99. The quantitative estimate of drug-likeness (QED) is 0.462. The van der Waals surface area contributed by atoms with Crippen molar-refractivity contribution in [3.8, 4) is 5.75 Å². The summed E-state index contributed by atoms with van der Waals surface area (Å²) in [6, 6.07) is 13.5. The molecule has 4 nitrogen and oxygen atoms in total. The number of nitrogens with zero attached hydrogens (tertiary/aromatic N) is 1. The average Bonchev–Trinajstić information content (AvgIpc) is 2.57. The summed E-state index contributed by atoms with van der Waals surface area (Å²) in [6.07, 6.45) is 0. The van der Waals surface area contributed by atoms with Crippen molar-refractivity contribution in [2.45, 2.75) is 0 Å². The lowest BCUT2D eigenvalue weighted by Crippen LogP contribution is -2.30. The van der Waals surface area contributed by atoms with E-state index < -0.39 is 0 Å². The SMILES string of the molecule is CNC(=S)N/N=C(/COc1ccc(Br)cc1)c1ccc(F)cc1. The maximum absolute atomic E-state index is 13.1. The van der Waals surface area contributed by atoms with Crippen molar-refractivity contribution in [3.63, 3.8) is 0 Å². The molecule has 0 aliphatic carbocycles. The Morgan fingerprint density at radius 1 is 1.17 bits per heavy atom. The number of halogens is 2. The van der Waals surface area contributed by atoms with Gasteiger partial charge in [0.2, 0.25) is 0 Å². The number of benzene rings is 2. The Bertz CT molecular complexity index is 689. The highest BCUT2D eigenvalue weighted by Gasteiger charge is 2.07. The summed E-state index contributed by atoms with van der Waals surface area (Å²) >= 11 is 8.37. The Labute approximate surface area is 147 Å². The van der Waals surface area contributed by atoms with E-state index >= 15 is 0 Å². The van der Waals surface area contributed by atoms with Crippen molar-refractivity contribution in [2.24, 2.45) is 5.10 Å². The van der Waals surface area contributed by atoms with Gasteiger partial charge in [-0.2, -0.15) is 5.10 Å². The number of hydrazone groups is 1. The number of hydrogen-bond acceptors (Lipinski definition) is 3. The summed E-state index contributed by atoms with van der Waals surface area (Å²) in [5.74, 6) is 0.403. The molecule has 0 aliphatic rings. The molecule has 0 saturated carbocycles. The Morgan fingerprint density at radius 2 is 1.83 bits per heavy atom. The van der Waals surface area contributed by atoms with Gasteiger partial charge in [-0.3, -0.25) is 5.43 Å². The molecule has 7 heteroatoms. The van der Waals surface area contributed by atoms with Crippen LogP contribution in [0.3, 0.4) is 0 Å². The van der Waals surface area contributed by atoms with Gasteiger partial charge < -0.3 is 10.1 Å². The lowest BCUT2D eigenvalue weighted by molar-refractivity contribution is 0.376. The van der Waals surface area contributed by atoms with Crippen molar-refractivity contribution in [1.29, 1.82) is 0 Å². The van der Waals surface area contributed by atoms with Crippen molar-refractivity contribution in [1.82, 2.24) is 10.7 Å². The van der Waals surface area contributed by atoms with Crippen LogP contribution in [-0.2, 0) is 0 Å². The monoisotopic (exact) mass is 395 g/mol. The summed E-state index contributed by atoms with van der Waals surface area (Å²) in [4.78, 5) is 0. The molecular formula is C16H15BrFN3OS. The maximum Gasteiger partial charge on any atom is 0.186 e. The minimum absolute atomic E-state index is 0.215. The molecule has 2 rings (SSSR count). The van der Waals surface area contributed by atoms with Crippen LogP contribution in [0, 0.1) is 5.82 Å². The second-order valence-electron chi connectivity index (χ2n) is 4.50. The van der Waals surface area contributed by atoms with Gasteiger partial charge in [0.15, 0.2) is 5.11 Å². The Balaban J connectivity index is 2.14. The molecule has 0 radical (unpaired) electrons. The van der Waals surface area contributed by atoms with E-state index in [4.69, 9.17) is 17.0 Å². The smallest absolute Gasteiger partial charge is 0.186 e. The zero-order valence-corrected chi connectivity index (χ0v) is 14.7. The molecule has 0 unspecified atom stereocenters. The predicted molar refractivity (Wildman–Crippen MR) is 97.4 cm³/mol. The third-order valence-corrected chi connectivity index (χ3v) is 3.71. The van der Waals surface area contributed by atoms with Crippen LogP contribution < -0.4 is 15.5 Å². The van der Waals surface area contributed by atoms with Gasteiger partial charge in [0, 0.05) is 17.1 Å². The third-order valence-electron chi connectivity index (χ3n) is 2.89. The normalized spacial score (nSPS) is 11.0. The van der Waals surface area contributed by atoms with Crippen LogP contribution in [0.15, 0.2) is 58.1 Å². The Morgan fingerprint density at radius 3 is 2.43 bits per heavy atom. The first-order chi connectivity index (χ1) is 11.1. The fourth-order valence-electron chi connectivity index (χ4n) is 1.68. The molecule has 120 valence electrons. The van der Waals surface area contributed by atoms with E-state index in [-0.39, 0.29) is 12.4 Å². The first kappa shape index (κ1) is 17.4. The highest BCUT2D eigenvalue weighted by Crippen LogP contribution is 2.16. The van der Waals surface area contributed by atoms with E-state index in [1.54, 1.807) is 19.2 Å². The van der Waals surface area contributed by atoms with E-state index in [1.165, 1.54) is 12.1 Å². The first-order valence-corrected chi connectivity index (χ1v) is 7.97. The number of ether oxygens (including phenoxy) is 1. The summed E-state index contributed by atoms with van der Waals surface area (Å²) in [5.41, 5.74) is 4.07. The van der Waals surface area contributed by atoms with E-state index in [0.717, 1.165) is 10.0 Å². The molecule has 0 saturated heterocycles. The molecular weight excluding hydrogens is 381 g/mol. The molecule has 0 aromatic heterocycles. The zero-order chi connectivity index (χ0) is 16.7. The Kier molecular flexibility index (Phi) is 6.49. The van der Waals surface area contributed by atoms with E-state index in [9.17, 15) is 4.39 Å². The second-order valence-corrected chi connectivity index (χ2v) is 5.82. The third kappa shape index (κ3) is 5.61. The molecule has 0 fully saturated rings. The molecule has 0 heterocycles. The minimum Gasteiger partial charge on any atom is -0.487 e. The number of thiocarbonyl (C=S) groups is 1. The lowest BCUT2D eigenvalue weighted by atomic mass is 10.1. The molecule has 0 amide bonds. The molecule has 2 aromatic rings. The van der Waals surface area contributed by atoms with Gasteiger partial charge in [-0.25, -0.2) is 4.39 Å². The predicted octanol–water partition coefficient (Wildman–Crippen LogP) is 3.47. The van der Waals surface area contributed by atoms with Crippen LogP contribution in [0.4, 0.5) is 4.39 Å². The van der Waals surface area contributed by atoms with Crippen molar-refractivity contribution in [3.05, 3.63) is 64.4 Å². The van der Waals surface area contributed by atoms with Crippen LogP contribution in [0.5, 0.6) is 5.75 Å². The topological polar surface area (TPSA) is 45.7 Å². The highest BCUT2D eigenvalue weighted by molar-refractivity contribution is 9.10. The van der Waals surface area contributed by atoms with Gasteiger partial charge in [0.25, 0.3) is 0 Å². The van der Waals surface area contributed by atoms with Gasteiger partial charge in [0.05, 0.1) is 0 Å². The highest BCUT2D eigenvalue weighted by atomic mass is 79.9. The molecule has 0 atom stereocenters. The summed E-state index contributed by atoms with van der Waals surface area (Å²) in [7, 11) is 1.70. The number of nitrogens with one attached hydrogen (secondary N) is 2. The lowest BCUT2D eigenvalue weighted by Gasteiger charge is -2.10. The summed E-state index contributed by atoms with van der Waals surface area (Å²) in [6.45, 7) is 0.215. The minimum atomic E-state index is -0.305. The molecule has 2 aromatic carbocycles. The van der Waals surface area contributed by atoms with E-state index in [0.29, 0.717) is 16.6 Å². The zero-order valence-electron chi connectivity index (χ0n) is 12.3. The van der Waals surface area contributed by atoms with Crippen LogP contribution in [0.1, 0.15) is 5.56 Å². The summed E-state index contributed by atoms with van der Waals surface area (Å²) in [5, 5.41) is 7.38. The van der Waals surface area contributed by atoms with Crippen LogP contribution in [-0.4, -0.2) is 24.5 Å². The summed E-state index contributed by atoms with van der Waals surface area (Å²) < 4.78 is 19.8. The second kappa shape index (κ2) is 8.59. The first-order valence-electron chi connectivity index (χ1n) is 6.77. The molecule has 23 heavy (non-hydrogen) atoms. The molecule has 0 aliphatic heterocycles. The average molecular weight is 396 g/mol. The molecule has 0 bridgehead atoms.